The summed E-state index contributed by atoms with van der Waals surface area (Å²) in [5.74, 6) is 0.738. The molecule has 2 aromatic rings. The van der Waals surface area contributed by atoms with Gasteiger partial charge in [-0.3, -0.25) is 4.98 Å². The number of nitrogens with zero attached hydrogens (tertiary/aromatic N) is 5. The topological polar surface area (TPSA) is 75.9 Å². The molecule has 0 saturated heterocycles. The third kappa shape index (κ3) is 3.24. The van der Waals surface area contributed by atoms with E-state index in [1.54, 1.807) is 12.5 Å². The highest BCUT2D eigenvalue weighted by atomic mass is 16.2. The minimum atomic E-state index is -0.190. The molecule has 0 aromatic carbocycles. The summed E-state index contributed by atoms with van der Waals surface area (Å²) in [7, 11) is 1.87. The summed E-state index contributed by atoms with van der Waals surface area (Å²) in [6, 6.07) is 5.80. The van der Waals surface area contributed by atoms with E-state index >= 15 is 0 Å². The number of amides is 2. The van der Waals surface area contributed by atoms with E-state index in [1.165, 1.54) is 0 Å². The quantitative estimate of drug-likeness (QED) is 0.911. The molecule has 1 fully saturated rings. The van der Waals surface area contributed by atoms with Gasteiger partial charge in [-0.05, 0) is 31.9 Å². The maximum atomic E-state index is 12.6. The third-order valence-electron chi connectivity index (χ3n) is 3.78. The molecule has 7 nitrogen and oxygen atoms in total. The van der Waals surface area contributed by atoms with Crippen LogP contribution in [0.2, 0.25) is 0 Å². The third-order valence-corrected chi connectivity index (χ3v) is 3.78. The number of pyridine rings is 1. The van der Waals surface area contributed by atoms with Gasteiger partial charge < -0.3 is 14.8 Å². The predicted octanol–water partition coefficient (Wildman–Crippen LogP) is 1.65. The van der Waals surface area contributed by atoms with Gasteiger partial charge >= 0.3 is 6.03 Å². The Morgan fingerprint density at radius 3 is 2.91 bits per heavy atom. The molecule has 7 heteroatoms. The molecule has 1 N–H and O–H groups in total. The normalized spacial score (nSPS) is 15.4. The Hall–Kier alpha value is -2.44. The van der Waals surface area contributed by atoms with Crippen molar-refractivity contribution in [2.75, 3.05) is 0 Å². The molecule has 0 spiro atoms. The average molecular weight is 300 g/mol. The first kappa shape index (κ1) is 14.5. The van der Waals surface area contributed by atoms with Gasteiger partial charge in [-0.1, -0.05) is 6.07 Å². The Bertz CT molecular complexity index is 636. The van der Waals surface area contributed by atoms with E-state index < -0.39 is 0 Å². The largest absolute Gasteiger partial charge is 0.328 e. The zero-order valence-electron chi connectivity index (χ0n) is 12.8. The van der Waals surface area contributed by atoms with Crippen molar-refractivity contribution in [3.8, 4) is 0 Å². The zero-order chi connectivity index (χ0) is 15.5. The lowest BCUT2D eigenvalue weighted by molar-refractivity contribution is 0.187. The van der Waals surface area contributed by atoms with Gasteiger partial charge in [0.1, 0.15) is 6.33 Å². The van der Waals surface area contributed by atoms with Crippen LogP contribution in [0.5, 0.6) is 0 Å². The molecule has 0 radical (unpaired) electrons. The number of carbonyl (C=O) groups excluding carboxylic acids is 1. The van der Waals surface area contributed by atoms with Crippen LogP contribution in [0.25, 0.3) is 0 Å². The molecule has 1 aliphatic rings. The van der Waals surface area contributed by atoms with Gasteiger partial charge in [0.05, 0.1) is 18.3 Å². The Labute approximate surface area is 129 Å². The van der Waals surface area contributed by atoms with Gasteiger partial charge in [-0.25, -0.2) is 4.79 Å². The standard InChI is InChI=1S/C15H20N6O/c1-11(14-19-17-10-20(14)2)18-15(22)21(13-6-7-13)9-12-5-3-4-8-16-12/h3-5,8,10-11,13H,6-7,9H2,1-2H3,(H,18,22). The summed E-state index contributed by atoms with van der Waals surface area (Å²) in [4.78, 5) is 18.7. The van der Waals surface area contributed by atoms with E-state index in [0.29, 0.717) is 12.6 Å². The molecule has 2 aromatic heterocycles. The summed E-state index contributed by atoms with van der Waals surface area (Å²) in [5, 5.41) is 10.9. The molecule has 0 aliphatic heterocycles. The van der Waals surface area contributed by atoms with Gasteiger partial charge in [0.2, 0.25) is 0 Å². The molecule has 1 aliphatic carbocycles. The number of hydrogen-bond acceptors (Lipinski definition) is 4. The smallest absolute Gasteiger partial charge is 0.318 e. The van der Waals surface area contributed by atoms with E-state index in [0.717, 1.165) is 24.4 Å². The number of rotatable bonds is 5. The Morgan fingerprint density at radius 1 is 1.50 bits per heavy atom. The maximum absolute atomic E-state index is 12.6. The van der Waals surface area contributed by atoms with Crippen molar-refractivity contribution in [3.63, 3.8) is 0 Å². The number of aromatic nitrogens is 4. The van der Waals surface area contributed by atoms with Gasteiger partial charge in [-0.15, -0.1) is 10.2 Å². The minimum Gasteiger partial charge on any atom is -0.328 e. The fourth-order valence-corrected chi connectivity index (χ4v) is 2.44. The zero-order valence-corrected chi connectivity index (χ0v) is 12.8. The van der Waals surface area contributed by atoms with Crippen molar-refractivity contribution < 1.29 is 4.79 Å². The second-order valence-corrected chi connectivity index (χ2v) is 5.65. The fraction of sp³-hybridized carbons (Fsp3) is 0.467. The average Bonchev–Trinajstić information content (AvgIpc) is 3.26. The summed E-state index contributed by atoms with van der Waals surface area (Å²) in [6.07, 6.45) is 5.49. The van der Waals surface area contributed by atoms with Crippen molar-refractivity contribution in [1.29, 1.82) is 0 Å². The molecule has 3 rings (SSSR count). The van der Waals surface area contributed by atoms with Crippen molar-refractivity contribution in [2.45, 2.75) is 38.4 Å². The summed E-state index contributed by atoms with van der Waals surface area (Å²) < 4.78 is 1.81. The summed E-state index contributed by atoms with van der Waals surface area (Å²) in [5.41, 5.74) is 0.899. The lowest BCUT2D eigenvalue weighted by atomic mass is 10.3. The van der Waals surface area contributed by atoms with Crippen LogP contribution in [0.1, 0.15) is 37.3 Å². The minimum absolute atomic E-state index is 0.0800. The van der Waals surface area contributed by atoms with Gasteiger partial charge in [-0.2, -0.15) is 0 Å². The number of nitrogens with one attached hydrogen (secondary N) is 1. The number of aryl methyl sites for hydroxylation is 1. The van der Waals surface area contributed by atoms with Crippen LogP contribution in [0, 0.1) is 0 Å². The molecule has 1 unspecified atom stereocenters. The van der Waals surface area contributed by atoms with Crippen molar-refractivity contribution in [1.82, 2.24) is 30.0 Å². The van der Waals surface area contributed by atoms with Crippen LogP contribution < -0.4 is 5.32 Å². The van der Waals surface area contributed by atoms with Crippen LogP contribution in [0.15, 0.2) is 30.7 Å². The van der Waals surface area contributed by atoms with E-state index in [4.69, 9.17) is 0 Å². The van der Waals surface area contributed by atoms with Crippen molar-refractivity contribution in [3.05, 3.63) is 42.2 Å². The molecule has 1 atom stereocenters. The van der Waals surface area contributed by atoms with Gasteiger partial charge in [0, 0.05) is 19.3 Å². The highest BCUT2D eigenvalue weighted by Gasteiger charge is 2.33. The summed E-state index contributed by atoms with van der Waals surface area (Å²) >= 11 is 0. The first-order chi connectivity index (χ1) is 10.6. The molecule has 0 bridgehead atoms. The molecule has 2 heterocycles. The first-order valence-electron chi connectivity index (χ1n) is 7.46. The Balaban J connectivity index is 1.67. The SMILES string of the molecule is CC(NC(=O)N(Cc1ccccn1)C1CC1)c1nncn1C. The fourth-order valence-electron chi connectivity index (χ4n) is 2.44. The number of urea groups is 1. The lowest BCUT2D eigenvalue weighted by Crippen LogP contribution is -2.42. The van der Waals surface area contributed by atoms with Crippen LogP contribution in [0.4, 0.5) is 4.79 Å². The first-order valence-corrected chi connectivity index (χ1v) is 7.46. The maximum Gasteiger partial charge on any atom is 0.318 e. The van der Waals surface area contributed by atoms with E-state index in [2.05, 4.69) is 20.5 Å². The monoisotopic (exact) mass is 300 g/mol. The van der Waals surface area contributed by atoms with Crippen molar-refractivity contribution >= 4 is 6.03 Å². The lowest BCUT2D eigenvalue weighted by Gasteiger charge is -2.24. The van der Waals surface area contributed by atoms with Crippen LogP contribution in [-0.2, 0) is 13.6 Å². The highest BCUT2D eigenvalue weighted by molar-refractivity contribution is 5.75. The number of carbonyl (C=O) groups is 1. The van der Waals surface area contributed by atoms with Crippen LogP contribution >= 0.6 is 0 Å². The Morgan fingerprint density at radius 2 is 2.32 bits per heavy atom. The van der Waals surface area contributed by atoms with E-state index in [-0.39, 0.29) is 12.1 Å². The second-order valence-electron chi connectivity index (χ2n) is 5.65. The second kappa shape index (κ2) is 6.13. The highest BCUT2D eigenvalue weighted by Crippen LogP contribution is 2.28. The Kier molecular flexibility index (Phi) is 4.04. The van der Waals surface area contributed by atoms with E-state index in [9.17, 15) is 4.79 Å². The van der Waals surface area contributed by atoms with Crippen molar-refractivity contribution in [2.24, 2.45) is 7.05 Å². The number of hydrogen-bond donors (Lipinski definition) is 1. The van der Waals surface area contributed by atoms with Crippen LogP contribution in [0.3, 0.4) is 0 Å². The molecular weight excluding hydrogens is 280 g/mol. The van der Waals surface area contributed by atoms with Gasteiger partial charge in [0.25, 0.3) is 0 Å². The van der Waals surface area contributed by atoms with E-state index in [1.807, 2.05) is 41.6 Å². The molecular formula is C15H20N6O. The predicted molar refractivity (Wildman–Crippen MR) is 80.8 cm³/mol. The molecule has 1 saturated carbocycles. The molecule has 2 amide bonds. The molecule has 116 valence electrons. The van der Waals surface area contributed by atoms with Crippen LogP contribution in [-0.4, -0.2) is 36.7 Å². The molecule has 22 heavy (non-hydrogen) atoms. The van der Waals surface area contributed by atoms with Gasteiger partial charge in [0.15, 0.2) is 5.82 Å². The summed E-state index contributed by atoms with van der Waals surface area (Å²) in [6.45, 7) is 2.44.